The highest BCUT2D eigenvalue weighted by Crippen LogP contribution is 2.36. The molecule has 0 spiro atoms. The topological polar surface area (TPSA) is 61.8 Å². The van der Waals surface area contributed by atoms with Crippen LogP contribution in [0.15, 0.2) is 42.5 Å². The molecule has 4 rings (SSSR count). The molecule has 5 nitrogen and oxygen atoms in total. The molecule has 0 amide bonds. The fourth-order valence-electron chi connectivity index (χ4n) is 2.50. The van der Waals surface area contributed by atoms with Crippen LogP contribution in [0.3, 0.4) is 0 Å². The summed E-state index contributed by atoms with van der Waals surface area (Å²) in [5, 5.41) is 1.14. The SMILES string of the molecule is O=C(COC(=O)c1sc2ccccc2c1Cl)c1ccc2c(c1)OCO2. The second kappa shape index (κ2) is 6.38. The van der Waals surface area contributed by atoms with Gasteiger partial charge in [-0.05, 0) is 24.3 Å². The number of fused-ring (bicyclic) bond motifs is 2. The van der Waals surface area contributed by atoms with Gasteiger partial charge >= 0.3 is 5.97 Å². The van der Waals surface area contributed by atoms with Crippen molar-refractivity contribution in [1.29, 1.82) is 0 Å². The third kappa shape index (κ3) is 2.94. The van der Waals surface area contributed by atoms with E-state index >= 15 is 0 Å². The number of benzene rings is 2. The van der Waals surface area contributed by atoms with Crippen molar-refractivity contribution in [1.82, 2.24) is 0 Å². The predicted octanol–water partition coefficient (Wildman–Crippen LogP) is 4.32. The Bertz CT molecular complexity index is 994. The number of halogens is 1. The van der Waals surface area contributed by atoms with Crippen molar-refractivity contribution in [2.75, 3.05) is 13.4 Å². The summed E-state index contributed by atoms with van der Waals surface area (Å²) in [6.45, 7) is -0.241. The molecular formula is C18H11ClO5S. The Morgan fingerprint density at radius 2 is 1.92 bits per heavy atom. The zero-order chi connectivity index (χ0) is 17.4. The molecule has 1 aromatic heterocycles. The highest BCUT2D eigenvalue weighted by atomic mass is 35.5. The zero-order valence-electron chi connectivity index (χ0n) is 12.8. The monoisotopic (exact) mass is 374 g/mol. The van der Waals surface area contributed by atoms with Crippen molar-refractivity contribution < 1.29 is 23.8 Å². The summed E-state index contributed by atoms with van der Waals surface area (Å²) in [6.07, 6.45) is 0. The third-order valence-corrected chi connectivity index (χ3v) is 5.40. The van der Waals surface area contributed by atoms with E-state index in [9.17, 15) is 9.59 Å². The minimum atomic E-state index is -0.611. The van der Waals surface area contributed by atoms with E-state index < -0.39 is 5.97 Å². The first-order valence-corrected chi connectivity index (χ1v) is 8.60. The van der Waals surface area contributed by atoms with E-state index in [1.54, 1.807) is 18.2 Å². The fraction of sp³-hybridized carbons (Fsp3) is 0.111. The number of hydrogen-bond acceptors (Lipinski definition) is 6. The second-order valence-corrected chi connectivity index (χ2v) is 6.74. The third-order valence-electron chi connectivity index (χ3n) is 3.75. The Labute approximate surface area is 151 Å². The van der Waals surface area contributed by atoms with Crippen molar-refractivity contribution >= 4 is 44.8 Å². The van der Waals surface area contributed by atoms with Gasteiger partial charge in [-0.1, -0.05) is 29.8 Å². The van der Waals surface area contributed by atoms with Gasteiger partial charge in [0.15, 0.2) is 23.9 Å². The van der Waals surface area contributed by atoms with Gasteiger partial charge < -0.3 is 14.2 Å². The van der Waals surface area contributed by atoms with Crippen molar-refractivity contribution in [2.45, 2.75) is 0 Å². The average Bonchev–Trinajstić information content (AvgIpc) is 3.23. The molecule has 1 aliphatic heterocycles. The van der Waals surface area contributed by atoms with E-state index in [2.05, 4.69) is 0 Å². The molecule has 0 N–H and O–H groups in total. The summed E-state index contributed by atoms with van der Waals surface area (Å²) in [6, 6.07) is 12.3. The second-order valence-electron chi connectivity index (χ2n) is 5.31. The van der Waals surface area contributed by atoms with E-state index in [1.807, 2.05) is 24.3 Å². The molecule has 0 atom stereocenters. The van der Waals surface area contributed by atoms with Crippen LogP contribution in [0, 0.1) is 0 Å². The Morgan fingerprint density at radius 3 is 2.76 bits per heavy atom. The standard InChI is InChI=1S/C18H11ClO5S/c19-16-11-3-1-2-4-15(11)25-17(16)18(21)22-8-12(20)10-5-6-13-14(7-10)24-9-23-13/h1-7H,8-9H2. The van der Waals surface area contributed by atoms with Gasteiger partial charge in [-0.25, -0.2) is 4.79 Å². The molecule has 126 valence electrons. The molecular weight excluding hydrogens is 364 g/mol. The minimum absolute atomic E-state index is 0.131. The Morgan fingerprint density at radius 1 is 1.12 bits per heavy atom. The smallest absolute Gasteiger partial charge is 0.350 e. The van der Waals surface area contributed by atoms with E-state index in [0.29, 0.717) is 27.0 Å². The van der Waals surface area contributed by atoms with Crippen LogP contribution in [0.2, 0.25) is 5.02 Å². The molecule has 2 heterocycles. The van der Waals surface area contributed by atoms with Crippen LogP contribution in [-0.4, -0.2) is 25.2 Å². The largest absolute Gasteiger partial charge is 0.454 e. The molecule has 0 aliphatic carbocycles. The molecule has 3 aromatic rings. The van der Waals surface area contributed by atoms with Crippen LogP contribution in [0.1, 0.15) is 20.0 Å². The average molecular weight is 375 g/mol. The van der Waals surface area contributed by atoms with Crippen LogP contribution in [-0.2, 0) is 4.74 Å². The Hall–Kier alpha value is -2.57. The minimum Gasteiger partial charge on any atom is -0.454 e. The van der Waals surface area contributed by atoms with Crippen LogP contribution >= 0.6 is 22.9 Å². The molecule has 1 aliphatic rings. The maximum Gasteiger partial charge on any atom is 0.350 e. The highest BCUT2D eigenvalue weighted by Gasteiger charge is 2.21. The molecule has 7 heteroatoms. The van der Waals surface area contributed by atoms with Gasteiger partial charge in [0.1, 0.15) is 4.88 Å². The zero-order valence-corrected chi connectivity index (χ0v) is 14.4. The highest BCUT2D eigenvalue weighted by molar-refractivity contribution is 7.21. The van der Waals surface area contributed by atoms with Gasteiger partial charge in [0.05, 0.1) is 5.02 Å². The molecule has 0 bridgehead atoms. The number of esters is 1. The van der Waals surface area contributed by atoms with Gasteiger partial charge in [-0.2, -0.15) is 0 Å². The number of Topliss-reactive ketones (excluding diaryl/α,β-unsaturated/α-hetero) is 1. The Balaban J connectivity index is 1.47. The van der Waals surface area contributed by atoms with Gasteiger partial charge in [-0.15, -0.1) is 11.3 Å². The van der Waals surface area contributed by atoms with Crippen LogP contribution < -0.4 is 9.47 Å². The van der Waals surface area contributed by atoms with Crippen molar-refractivity contribution in [3.63, 3.8) is 0 Å². The van der Waals surface area contributed by atoms with E-state index in [-0.39, 0.29) is 19.2 Å². The van der Waals surface area contributed by atoms with E-state index in [1.165, 1.54) is 11.3 Å². The number of carbonyl (C=O) groups is 2. The summed E-state index contributed by atoms with van der Waals surface area (Å²) in [4.78, 5) is 24.8. The number of thiophene rings is 1. The first-order chi connectivity index (χ1) is 12.1. The quantitative estimate of drug-likeness (QED) is 0.502. The first-order valence-electron chi connectivity index (χ1n) is 7.40. The van der Waals surface area contributed by atoms with Crippen LogP contribution in [0.5, 0.6) is 11.5 Å². The van der Waals surface area contributed by atoms with E-state index in [4.69, 9.17) is 25.8 Å². The van der Waals surface area contributed by atoms with Gasteiger partial charge in [0, 0.05) is 15.6 Å². The van der Waals surface area contributed by atoms with Crippen molar-refractivity contribution in [2.24, 2.45) is 0 Å². The molecule has 0 saturated heterocycles. The number of ketones is 1. The molecule has 0 unspecified atom stereocenters. The van der Waals surface area contributed by atoms with Gasteiger partial charge in [-0.3, -0.25) is 4.79 Å². The summed E-state index contributed by atoms with van der Waals surface area (Å²) in [7, 11) is 0. The summed E-state index contributed by atoms with van der Waals surface area (Å²) in [5.41, 5.74) is 0.388. The van der Waals surface area contributed by atoms with E-state index in [0.717, 1.165) is 10.1 Å². The lowest BCUT2D eigenvalue weighted by atomic mass is 10.1. The fourth-order valence-corrected chi connectivity index (χ4v) is 3.90. The molecule has 0 fully saturated rings. The summed E-state index contributed by atoms with van der Waals surface area (Å²) in [5.74, 6) is 0.152. The normalized spacial score (nSPS) is 12.4. The lowest BCUT2D eigenvalue weighted by Gasteiger charge is -2.04. The molecule has 25 heavy (non-hydrogen) atoms. The molecule has 2 aromatic carbocycles. The molecule has 0 saturated carbocycles. The van der Waals surface area contributed by atoms with Gasteiger partial charge in [0.2, 0.25) is 6.79 Å². The van der Waals surface area contributed by atoms with Crippen molar-refractivity contribution in [3.8, 4) is 11.5 Å². The first kappa shape index (κ1) is 15.9. The lowest BCUT2D eigenvalue weighted by molar-refractivity contribution is 0.0480. The van der Waals surface area contributed by atoms with Crippen LogP contribution in [0.4, 0.5) is 0 Å². The maximum absolute atomic E-state index is 12.3. The van der Waals surface area contributed by atoms with Gasteiger partial charge in [0.25, 0.3) is 0 Å². The predicted molar refractivity (Wildman–Crippen MR) is 94.0 cm³/mol. The number of rotatable bonds is 4. The number of hydrogen-bond donors (Lipinski definition) is 0. The summed E-state index contributed by atoms with van der Waals surface area (Å²) < 4.78 is 16.5. The molecule has 0 radical (unpaired) electrons. The Kier molecular flexibility index (Phi) is 4.07. The number of ether oxygens (including phenoxy) is 3. The number of carbonyl (C=O) groups excluding carboxylic acids is 2. The lowest BCUT2D eigenvalue weighted by Crippen LogP contribution is -2.13. The van der Waals surface area contributed by atoms with Crippen molar-refractivity contribution in [3.05, 3.63) is 57.9 Å². The van der Waals surface area contributed by atoms with Crippen LogP contribution in [0.25, 0.3) is 10.1 Å². The maximum atomic E-state index is 12.3. The summed E-state index contributed by atoms with van der Waals surface area (Å²) >= 11 is 7.48.